The molecule has 0 aliphatic carbocycles. The molecule has 0 aliphatic rings. The summed E-state index contributed by atoms with van der Waals surface area (Å²) in [5.74, 6) is -1.73. The molecule has 26 heavy (non-hydrogen) atoms. The van der Waals surface area contributed by atoms with Crippen LogP contribution in [0.15, 0.2) is 0 Å². The van der Waals surface area contributed by atoms with Gasteiger partial charge >= 0.3 is 11.9 Å². The Morgan fingerprint density at radius 1 is 0.654 bits per heavy atom. The summed E-state index contributed by atoms with van der Waals surface area (Å²) in [5.41, 5.74) is -3.19. The summed E-state index contributed by atoms with van der Waals surface area (Å²) in [6.07, 6.45) is 1.44. The normalized spacial score (nSPS) is 14.2. The average molecular weight is 371 g/mol. The highest BCUT2D eigenvalue weighted by Gasteiger charge is 2.62. The van der Waals surface area contributed by atoms with E-state index in [9.17, 15) is 19.8 Å². The van der Waals surface area contributed by atoms with E-state index in [-0.39, 0.29) is 22.7 Å². The molecular weight excluding hydrogens is 328 g/mol. The molecule has 154 valence electrons. The Morgan fingerprint density at radius 3 is 1.08 bits per heavy atom. The fraction of sp³-hybridized carbons (Fsp3) is 0.909. The summed E-state index contributed by atoms with van der Waals surface area (Å²) in [5, 5.41) is 20.9. The van der Waals surface area contributed by atoms with Crippen LogP contribution in [0.25, 0.3) is 0 Å². The van der Waals surface area contributed by atoms with Crippen LogP contribution in [0.1, 0.15) is 94.9 Å². The van der Waals surface area contributed by atoms with Gasteiger partial charge in [-0.3, -0.25) is 9.59 Å². The SMILES string of the molecule is CC(C)CC(CC(C)C)(C(=O)O)C(CC(C)(C)C)(CC(C)(C)C)C(=O)O. The van der Waals surface area contributed by atoms with Gasteiger partial charge in [-0.05, 0) is 48.3 Å². The third kappa shape index (κ3) is 6.28. The van der Waals surface area contributed by atoms with Crippen LogP contribution < -0.4 is 0 Å². The molecule has 4 heteroatoms. The number of hydrogen-bond donors (Lipinski definition) is 2. The van der Waals surface area contributed by atoms with Gasteiger partial charge in [-0.2, -0.15) is 0 Å². The lowest BCUT2D eigenvalue weighted by atomic mass is 9.49. The van der Waals surface area contributed by atoms with E-state index in [1.165, 1.54) is 0 Å². The molecule has 0 fully saturated rings. The smallest absolute Gasteiger partial charge is 0.310 e. The van der Waals surface area contributed by atoms with Crippen molar-refractivity contribution in [3.05, 3.63) is 0 Å². The first-order valence-corrected chi connectivity index (χ1v) is 9.85. The van der Waals surface area contributed by atoms with Gasteiger partial charge in [0.25, 0.3) is 0 Å². The van der Waals surface area contributed by atoms with Gasteiger partial charge in [0, 0.05) is 0 Å². The van der Waals surface area contributed by atoms with Crippen molar-refractivity contribution in [3.8, 4) is 0 Å². The summed E-state index contributed by atoms with van der Waals surface area (Å²) in [4.78, 5) is 25.6. The Morgan fingerprint density at radius 2 is 0.923 bits per heavy atom. The highest BCUT2D eigenvalue weighted by molar-refractivity contribution is 5.87. The summed E-state index contributed by atoms with van der Waals surface area (Å²) in [7, 11) is 0. The predicted molar refractivity (Wildman–Crippen MR) is 107 cm³/mol. The van der Waals surface area contributed by atoms with Gasteiger partial charge in [-0.1, -0.05) is 69.2 Å². The molecule has 0 unspecified atom stereocenters. The largest absolute Gasteiger partial charge is 0.481 e. The van der Waals surface area contributed by atoms with Crippen molar-refractivity contribution >= 4 is 11.9 Å². The monoisotopic (exact) mass is 370 g/mol. The van der Waals surface area contributed by atoms with Crippen molar-refractivity contribution in [2.75, 3.05) is 0 Å². The molecule has 2 N–H and O–H groups in total. The molecule has 0 aromatic rings. The van der Waals surface area contributed by atoms with E-state index in [2.05, 4.69) is 0 Å². The van der Waals surface area contributed by atoms with E-state index < -0.39 is 22.8 Å². The van der Waals surface area contributed by atoms with Crippen molar-refractivity contribution in [3.63, 3.8) is 0 Å². The molecule has 0 heterocycles. The van der Waals surface area contributed by atoms with Gasteiger partial charge < -0.3 is 10.2 Å². The van der Waals surface area contributed by atoms with Crippen molar-refractivity contribution < 1.29 is 19.8 Å². The standard InChI is InChI=1S/C22H42O4/c1-15(2)11-21(17(23)24,12-16(3)4)22(18(25)26,13-19(5,6)7)14-20(8,9)10/h15-16H,11-14H2,1-10H3,(H,23,24)(H,25,26). The van der Waals surface area contributed by atoms with Gasteiger partial charge in [0.1, 0.15) is 0 Å². The molecule has 0 spiro atoms. The van der Waals surface area contributed by atoms with E-state index in [0.29, 0.717) is 25.7 Å². The molecule has 0 amide bonds. The summed E-state index contributed by atoms with van der Waals surface area (Å²) in [6, 6.07) is 0. The average Bonchev–Trinajstić information content (AvgIpc) is 2.31. The van der Waals surface area contributed by atoms with Crippen molar-refractivity contribution in [2.24, 2.45) is 33.5 Å². The summed E-state index contributed by atoms with van der Waals surface area (Å²) < 4.78 is 0. The highest BCUT2D eigenvalue weighted by atomic mass is 16.4. The maximum atomic E-state index is 12.8. The maximum Gasteiger partial charge on any atom is 0.310 e. The van der Waals surface area contributed by atoms with Crippen LogP contribution in [0.3, 0.4) is 0 Å². The number of hydrogen-bond acceptors (Lipinski definition) is 2. The van der Waals surface area contributed by atoms with Gasteiger partial charge in [-0.15, -0.1) is 0 Å². The van der Waals surface area contributed by atoms with E-state index in [1.807, 2.05) is 69.2 Å². The zero-order chi connectivity index (χ0) is 21.1. The minimum Gasteiger partial charge on any atom is -0.481 e. The Labute approximate surface area is 160 Å². The topological polar surface area (TPSA) is 74.6 Å². The van der Waals surface area contributed by atoms with Crippen LogP contribution in [0.5, 0.6) is 0 Å². The Bertz CT molecular complexity index is 463. The highest BCUT2D eigenvalue weighted by Crippen LogP contribution is 2.58. The number of carboxylic acids is 2. The van der Waals surface area contributed by atoms with Gasteiger partial charge in [0.2, 0.25) is 0 Å². The van der Waals surface area contributed by atoms with Crippen LogP contribution >= 0.6 is 0 Å². The molecule has 0 radical (unpaired) electrons. The van der Waals surface area contributed by atoms with Gasteiger partial charge in [-0.25, -0.2) is 0 Å². The number of carbonyl (C=O) groups is 2. The van der Waals surface area contributed by atoms with E-state index in [4.69, 9.17) is 0 Å². The van der Waals surface area contributed by atoms with Crippen LogP contribution in [-0.2, 0) is 9.59 Å². The van der Waals surface area contributed by atoms with Gasteiger partial charge in [0.15, 0.2) is 0 Å². The quantitative estimate of drug-likeness (QED) is 0.515. The van der Waals surface area contributed by atoms with E-state index >= 15 is 0 Å². The molecule has 0 rings (SSSR count). The first-order valence-electron chi connectivity index (χ1n) is 9.85. The fourth-order valence-corrected chi connectivity index (χ4v) is 4.81. The molecule has 4 nitrogen and oxygen atoms in total. The Balaban J connectivity index is 6.91. The molecule has 0 bridgehead atoms. The summed E-state index contributed by atoms with van der Waals surface area (Å²) in [6.45, 7) is 20.0. The van der Waals surface area contributed by atoms with Gasteiger partial charge in [0.05, 0.1) is 10.8 Å². The lowest BCUT2D eigenvalue weighted by Gasteiger charge is -2.51. The second-order valence-corrected chi connectivity index (χ2v) is 11.4. The zero-order valence-electron chi connectivity index (χ0n) is 18.7. The third-order valence-corrected chi connectivity index (χ3v) is 4.91. The van der Waals surface area contributed by atoms with Crippen LogP contribution in [0.2, 0.25) is 0 Å². The second kappa shape index (κ2) is 8.31. The first-order chi connectivity index (χ1) is 11.4. The lowest BCUT2D eigenvalue weighted by Crippen LogP contribution is -2.56. The van der Waals surface area contributed by atoms with Crippen LogP contribution in [0, 0.1) is 33.5 Å². The third-order valence-electron chi connectivity index (χ3n) is 4.91. The second-order valence-electron chi connectivity index (χ2n) is 11.4. The van der Waals surface area contributed by atoms with Crippen LogP contribution in [0.4, 0.5) is 0 Å². The number of aliphatic carboxylic acids is 2. The van der Waals surface area contributed by atoms with Crippen molar-refractivity contribution in [1.29, 1.82) is 0 Å². The molecular formula is C22H42O4. The van der Waals surface area contributed by atoms with Crippen LogP contribution in [-0.4, -0.2) is 22.2 Å². The van der Waals surface area contributed by atoms with E-state index in [1.54, 1.807) is 0 Å². The predicted octanol–water partition coefficient (Wildman–Crippen LogP) is 6.09. The van der Waals surface area contributed by atoms with E-state index in [0.717, 1.165) is 0 Å². The Hall–Kier alpha value is -1.06. The molecule has 0 atom stereocenters. The molecule has 0 aromatic heterocycles. The molecule has 0 aromatic carbocycles. The Kier molecular flexibility index (Phi) is 7.97. The lowest BCUT2D eigenvalue weighted by molar-refractivity contribution is -0.186. The molecule has 0 aliphatic heterocycles. The first kappa shape index (κ1) is 24.9. The number of carboxylic acid groups (broad SMARTS) is 2. The van der Waals surface area contributed by atoms with Crippen molar-refractivity contribution in [1.82, 2.24) is 0 Å². The van der Waals surface area contributed by atoms with Crippen molar-refractivity contribution in [2.45, 2.75) is 94.9 Å². The zero-order valence-corrected chi connectivity index (χ0v) is 18.7. The fourth-order valence-electron chi connectivity index (χ4n) is 4.81. The maximum absolute atomic E-state index is 12.8. The minimum atomic E-state index is -1.32. The number of rotatable bonds is 9. The minimum absolute atomic E-state index is 0.100. The molecule has 0 saturated carbocycles. The summed E-state index contributed by atoms with van der Waals surface area (Å²) >= 11 is 0. The molecule has 0 saturated heterocycles.